The van der Waals surface area contributed by atoms with E-state index in [1.165, 1.54) is 116 Å². The average Bonchev–Trinajstić information content (AvgIpc) is 2.61. The molecule has 0 bridgehead atoms. The Bertz CT molecular complexity index is 360. The van der Waals surface area contributed by atoms with E-state index in [2.05, 4.69) is 37.7 Å². The molecule has 2 heteroatoms. The van der Waals surface area contributed by atoms with Gasteiger partial charge in [-0.25, -0.2) is 0 Å². The van der Waals surface area contributed by atoms with E-state index in [0.717, 1.165) is 0 Å². The summed E-state index contributed by atoms with van der Waals surface area (Å²) in [6.45, 7) is 10.2. The summed E-state index contributed by atoms with van der Waals surface area (Å²) in [5.41, 5.74) is 1.40. The number of rotatable bonds is 11. The molecule has 2 rings (SSSR count). The van der Waals surface area contributed by atoms with Crippen molar-refractivity contribution < 1.29 is 0 Å². The molecular weight excluding hydrogens is 316 g/mol. The van der Waals surface area contributed by atoms with E-state index >= 15 is 0 Å². The van der Waals surface area contributed by atoms with Crippen molar-refractivity contribution in [2.75, 3.05) is 40.3 Å². The Balaban J connectivity index is 1.72. The highest BCUT2D eigenvalue weighted by Crippen LogP contribution is 2.53. The Morgan fingerprint density at radius 3 is 2.08 bits per heavy atom. The van der Waals surface area contributed by atoms with Crippen molar-refractivity contribution in [2.45, 2.75) is 104 Å². The molecule has 0 N–H and O–H groups in total. The minimum atomic E-state index is 0.689. The molecule has 154 valence electrons. The second-order valence-electron chi connectivity index (χ2n) is 10.1. The van der Waals surface area contributed by atoms with Gasteiger partial charge in [-0.15, -0.1) is 0 Å². The van der Waals surface area contributed by atoms with Crippen molar-refractivity contribution in [3.63, 3.8) is 0 Å². The lowest BCUT2D eigenvalue weighted by molar-refractivity contribution is 0.00150. The number of nitrogens with zero attached hydrogens (tertiary/aromatic N) is 2. The summed E-state index contributed by atoms with van der Waals surface area (Å²) in [5, 5.41) is 0. The second kappa shape index (κ2) is 11.1. The van der Waals surface area contributed by atoms with E-state index in [4.69, 9.17) is 0 Å². The van der Waals surface area contributed by atoms with Crippen molar-refractivity contribution in [2.24, 2.45) is 10.8 Å². The highest BCUT2D eigenvalue weighted by Gasteiger charge is 2.43. The molecule has 1 saturated carbocycles. The average molecular weight is 365 g/mol. The zero-order chi connectivity index (χ0) is 18.9. The lowest BCUT2D eigenvalue weighted by Crippen LogP contribution is -2.47. The first-order valence-corrected chi connectivity index (χ1v) is 11.9. The molecule has 1 spiro atoms. The minimum Gasteiger partial charge on any atom is -0.309 e. The largest absolute Gasteiger partial charge is 0.309 e. The van der Waals surface area contributed by atoms with Gasteiger partial charge in [0.1, 0.15) is 0 Å². The number of hydrogen-bond donors (Lipinski definition) is 0. The molecule has 2 fully saturated rings. The van der Waals surface area contributed by atoms with E-state index < -0.39 is 0 Å². The van der Waals surface area contributed by atoms with Gasteiger partial charge in [-0.3, -0.25) is 0 Å². The predicted molar refractivity (Wildman–Crippen MR) is 116 cm³/mol. The second-order valence-corrected chi connectivity index (χ2v) is 10.1. The van der Waals surface area contributed by atoms with Crippen LogP contribution in [0.5, 0.6) is 0 Å². The van der Waals surface area contributed by atoms with Crippen LogP contribution >= 0.6 is 0 Å². The van der Waals surface area contributed by atoms with E-state index in [1.54, 1.807) is 0 Å². The molecule has 1 saturated heterocycles. The first-order chi connectivity index (χ1) is 12.5. The van der Waals surface area contributed by atoms with Crippen LogP contribution in [0.2, 0.25) is 0 Å². The van der Waals surface area contributed by atoms with Gasteiger partial charge in [-0.05, 0) is 109 Å². The lowest BCUT2D eigenvalue weighted by Gasteiger charge is -2.51. The highest BCUT2D eigenvalue weighted by atomic mass is 15.1. The Morgan fingerprint density at radius 1 is 0.808 bits per heavy atom. The van der Waals surface area contributed by atoms with Crippen molar-refractivity contribution in [3.8, 4) is 0 Å². The van der Waals surface area contributed by atoms with Gasteiger partial charge in [0.15, 0.2) is 0 Å². The van der Waals surface area contributed by atoms with Crippen molar-refractivity contribution in [1.29, 1.82) is 0 Å². The molecule has 1 aliphatic heterocycles. The quantitative estimate of drug-likeness (QED) is 0.394. The monoisotopic (exact) mass is 364 g/mol. The molecular formula is C24H48N2. The van der Waals surface area contributed by atoms with Gasteiger partial charge in [0, 0.05) is 6.54 Å². The maximum absolute atomic E-state index is 2.84. The Kier molecular flexibility index (Phi) is 9.44. The topological polar surface area (TPSA) is 6.48 Å². The minimum absolute atomic E-state index is 0.689. The van der Waals surface area contributed by atoms with Crippen LogP contribution in [0.15, 0.2) is 0 Å². The first-order valence-electron chi connectivity index (χ1n) is 11.9. The third-order valence-corrected chi connectivity index (χ3v) is 7.50. The number of hydrogen-bond acceptors (Lipinski definition) is 2. The number of likely N-dealkylation sites (tertiary alicyclic amines) is 1. The molecule has 1 heterocycles. The van der Waals surface area contributed by atoms with E-state index in [9.17, 15) is 0 Å². The molecule has 0 atom stereocenters. The summed E-state index contributed by atoms with van der Waals surface area (Å²) in [5.74, 6) is 0. The van der Waals surface area contributed by atoms with Gasteiger partial charge in [0.05, 0.1) is 0 Å². The molecule has 2 nitrogen and oxygen atoms in total. The Labute approximate surface area is 165 Å². The number of unbranched alkanes of at least 4 members (excludes halogenated alkanes) is 3. The summed E-state index contributed by atoms with van der Waals surface area (Å²) >= 11 is 0. The molecule has 2 aliphatic rings. The molecule has 26 heavy (non-hydrogen) atoms. The number of piperidine rings is 1. The van der Waals surface area contributed by atoms with Crippen molar-refractivity contribution >= 4 is 0 Å². The fraction of sp³-hybridized carbons (Fsp3) is 1.00. The van der Waals surface area contributed by atoms with Crippen LogP contribution in [0.1, 0.15) is 104 Å². The standard InChI is InChI=1S/C24H48N2/c1-5-12-23(13-6-2)15-17-24(18-16-23)14-11-21-26(22-24)20-10-8-7-9-19-25(3)4/h5-22H2,1-4H3. The summed E-state index contributed by atoms with van der Waals surface area (Å²) in [6, 6.07) is 0. The molecule has 0 aromatic rings. The van der Waals surface area contributed by atoms with Crippen molar-refractivity contribution in [1.82, 2.24) is 9.80 Å². The van der Waals surface area contributed by atoms with Crippen LogP contribution in [0.25, 0.3) is 0 Å². The summed E-state index contributed by atoms with van der Waals surface area (Å²) < 4.78 is 0. The SMILES string of the molecule is CCCC1(CCC)CCC2(CCCN(CCCCCCN(C)C)C2)CC1. The van der Waals surface area contributed by atoms with Crippen LogP contribution in [0.3, 0.4) is 0 Å². The molecule has 1 aliphatic carbocycles. The third-order valence-electron chi connectivity index (χ3n) is 7.50. The zero-order valence-electron chi connectivity index (χ0n) is 18.6. The van der Waals surface area contributed by atoms with Gasteiger partial charge in [0.2, 0.25) is 0 Å². The van der Waals surface area contributed by atoms with Gasteiger partial charge in [-0.1, -0.05) is 39.5 Å². The zero-order valence-corrected chi connectivity index (χ0v) is 18.6. The van der Waals surface area contributed by atoms with Crippen LogP contribution in [-0.4, -0.2) is 50.1 Å². The maximum Gasteiger partial charge on any atom is 0.00380 e. The Hall–Kier alpha value is -0.0800. The molecule has 0 aromatic heterocycles. The lowest BCUT2D eigenvalue weighted by atomic mass is 9.58. The smallest absolute Gasteiger partial charge is 0.00380 e. The first kappa shape index (κ1) is 22.2. The molecule has 0 radical (unpaired) electrons. The van der Waals surface area contributed by atoms with Crippen LogP contribution in [-0.2, 0) is 0 Å². The Morgan fingerprint density at radius 2 is 1.46 bits per heavy atom. The highest BCUT2D eigenvalue weighted by molar-refractivity contribution is 4.96. The summed E-state index contributed by atoms with van der Waals surface area (Å²) in [4.78, 5) is 5.15. The van der Waals surface area contributed by atoms with Crippen LogP contribution < -0.4 is 0 Å². The summed E-state index contributed by atoms with van der Waals surface area (Å²) in [7, 11) is 4.38. The maximum atomic E-state index is 2.84. The summed E-state index contributed by atoms with van der Waals surface area (Å²) in [6.07, 6.45) is 20.4. The van der Waals surface area contributed by atoms with Crippen LogP contribution in [0.4, 0.5) is 0 Å². The molecule has 0 amide bonds. The van der Waals surface area contributed by atoms with E-state index in [-0.39, 0.29) is 0 Å². The fourth-order valence-corrected chi connectivity index (χ4v) is 6.02. The van der Waals surface area contributed by atoms with Gasteiger partial charge in [0.25, 0.3) is 0 Å². The molecule has 0 unspecified atom stereocenters. The van der Waals surface area contributed by atoms with Gasteiger partial charge < -0.3 is 9.80 Å². The normalized spacial score (nSPS) is 23.0. The van der Waals surface area contributed by atoms with Crippen LogP contribution in [0, 0.1) is 10.8 Å². The van der Waals surface area contributed by atoms with E-state index in [1.807, 2.05) is 0 Å². The fourth-order valence-electron chi connectivity index (χ4n) is 6.02. The molecule has 0 aromatic carbocycles. The van der Waals surface area contributed by atoms with Gasteiger partial charge >= 0.3 is 0 Å². The van der Waals surface area contributed by atoms with Crippen molar-refractivity contribution in [3.05, 3.63) is 0 Å². The predicted octanol–water partition coefficient (Wildman–Crippen LogP) is 6.35. The third kappa shape index (κ3) is 6.82. The van der Waals surface area contributed by atoms with E-state index in [0.29, 0.717) is 10.8 Å². The van der Waals surface area contributed by atoms with Gasteiger partial charge in [-0.2, -0.15) is 0 Å².